The third-order valence-electron chi connectivity index (χ3n) is 2.44. The Morgan fingerprint density at radius 1 is 1.15 bits per heavy atom. The molecule has 4 nitrogen and oxygen atoms in total. The summed E-state index contributed by atoms with van der Waals surface area (Å²) in [5, 5.41) is 11.7. The van der Waals surface area contributed by atoms with Gasteiger partial charge in [0.25, 0.3) is 0 Å². The number of ether oxygens (including phenoxy) is 1. The summed E-state index contributed by atoms with van der Waals surface area (Å²) < 4.78 is 20.2. The molecule has 0 spiro atoms. The molecule has 2 rings (SSSR count). The number of amidine groups is 1. The van der Waals surface area contributed by atoms with Gasteiger partial charge < -0.3 is 15.7 Å². The van der Waals surface area contributed by atoms with E-state index in [0.29, 0.717) is 15.8 Å². The maximum atomic E-state index is 13.3. The Hall–Kier alpha value is -1.60. The van der Waals surface area contributed by atoms with E-state index >= 15 is 0 Å². The molecule has 3 N–H and O–H groups in total. The summed E-state index contributed by atoms with van der Waals surface area (Å²) in [6.45, 7) is 0. The zero-order chi connectivity index (χ0) is 14.7. The van der Waals surface area contributed by atoms with Gasteiger partial charge in [0.05, 0.1) is 10.0 Å². The second-order valence-electron chi connectivity index (χ2n) is 3.80. The number of nitrogens with zero attached hydrogens (tertiary/aromatic N) is 1. The predicted octanol–water partition coefficient (Wildman–Crippen LogP) is 4.24. The Morgan fingerprint density at radius 2 is 1.90 bits per heavy atom. The van der Waals surface area contributed by atoms with Crippen molar-refractivity contribution >= 4 is 37.7 Å². The van der Waals surface area contributed by atoms with Gasteiger partial charge in [-0.1, -0.05) is 21.1 Å². The molecule has 0 heterocycles. The Balaban J connectivity index is 2.47. The summed E-state index contributed by atoms with van der Waals surface area (Å²) in [4.78, 5) is 0. The molecule has 104 valence electrons. The van der Waals surface area contributed by atoms with Crippen molar-refractivity contribution in [2.75, 3.05) is 0 Å². The quantitative estimate of drug-likeness (QED) is 0.348. The van der Waals surface area contributed by atoms with E-state index in [1.54, 1.807) is 18.2 Å². The molecule has 0 amide bonds. The molecule has 0 radical (unpaired) electrons. The molecule has 0 aromatic heterocycles. The van der Waals surface area contributed by atoms with Crippen LogP contribution >= 0.6 is 31.9 Å². The average Bonchev–Trinajstić information content (AvgIpc) is 2.42. The van der Waals surface area contributed by atoms with Crippen molar-refractivity contribution in [1.82, 2.24) is 0 Å². The molecule has 0 aliphatic rings. The molecule has 0 saturated heterocycles. The molecule has 20 heavy (non-hydrogen) atoms. The van der Waals surface area contributed by atoms with Gasteiger partial charge in [-0.15, -0.1) is 0 Å². The van der Waals surface area contributed by atoms with Crippen molar-refractivity contribution in [2.24, 2.45) is 10.9 Å². The fraction of sp³-hybridized carbons (Fsp3) is 0. The third kappa shape index (κ3) is 3.29. The SMILES string of the molecule is N/C(=N/O)c1ccc(Br)cc1Oc1cc(F)ccc1Br. The first-order valence-electron chi connectivity index (χ1n) is 5.41. The van der Waals surface area contributed by atoms with Crippen molar-refractivity contribution in [1.29, 1.82) is 0 Å². The average molecular weight is 404 g/mol. The van der Waals surface area contributed by atoms with Crippen LogP contribution in [0, 0.1) is 5.82 Å². The number of oxime groups is 1. The van der Waals surface area contributed by atoms with Gasteiger partial charge in [0.1, 0.15) is 17.3 Å². The maximum Gasteiger partial charge on any atom is 0.173 e. The van der Waals surface area contributed by atoms with Crippen LogP contribution in [0.15, 0.2) is 50.5 Å². The van der Waals surface area contributed by atoms with Crippen LogP contribution in [0.25, 0.3) is 0 Å². The summed E-state index contributed by atoms with van der Waals surface area (Å²) in [5.74, 6) is 0.0969. The zero-order valence-electron chi connectivity index (χ0n) is 9.98. The van der Waals surface area contributed by atoms with Gasteiger partial charge >= 0.3 is 0 Å². The maximum absolute atomic E-state index is 13.3. The normalized spacial score (nSPS) is 11.4. The van der Waals surface area contributed by atoms with Crippen molar-refractivity contribution in [3.63, 3.8) is 0 Å². The molecular weight excluding hydrogens is 395 g/mol. The lowest BCUT2D eigenvalue weighted by molar-refractivity contribution is 0.318. The highest BCUT2D eigenvalue weighted by Crippen LogP contribution is 2.33. The van der Waals surface area contributed by atoms with E-state index in [1.807, 2.05) is 0 Å². The molecule has 0 aliphatic carbocycles. The van der Waals surface area contributed by atoms with E-state index in [2.05, 4.69) is 37.0 Å². The van der Waals surface area contributed by atoms with Crippen molar-refractivity contribution in [3.8, 4) is 11.5 Å². The van der Waals surface area contributed by atoms with Gasteiger partial charge in [-0.05, 0) is 46.3 Å². The summed E-state index contributed by atoms with van der Waals surface area (Å²) in [6.07, 6.45) is 0. The molecule has 7 heteroatoms. The standard InChI is InChI=1S/C13H9Br2FN2O2/c14-7-1-3-9(13(17)18-19)11(5-7)20-12-6-8(16)2-4-10(12)15/h1-6,19H,(H2,17,18). The first kappa shape index (κ1) is 14.8. The highest BCUT2D eigenvalue weighted by atomic mass is 79.9. The number of hydrogen-bond donors (Lipinski definition) is 2. The number of halogens is 3. The van der Waals surface area contributed by atoms with Crippen LogP contribution in [-0.4, -0.2) is 11.0 Å². The lowest BCUT2D eigenvalue weighted by Gasteiger charge is -2.12. The van der Waals surface area contributed by atoms with Gasteiger partial charge in [-0.3, -0.25) is 0 Å². The molecule has 0 saturated carbocycles. The Labute approximate surface area is 131 Å². The second-order valence-corrected chi connectivity index (χ2v) is 5.57. The molecule has 0 atom stereocenters. The van der Waals surface area contributed by atoms with Gasteiger partial charge in [-0.25, -0.2) is 4.39 Å². The van der Waals surface area contributed by atoms with E-state index in [9.17, 15) is 4.39 Å². The fourth-order valence-corrected chi connectivity index (χ4v) is 2.19. The van der Waals surface area contributed by atoms with Crippen molar-refractivity contribution in [2.45, 2.75) is 0 Å². The summed E-state index contributed by atoms with van der Waals surface area (Å²) in [6, 6.07) is 9.07. The van der Waals surface area contributed by atoms with Crippen LogP contribution in [0.3, 0.4) is 0 Å². The molecule has 2 aromatic carbocycles. The smallest absolute Gasteiger partial charge is 0.173 e. The molecule has 0 unspecified atom stereocenters. The van der Waals surface area contributed by atoms with Gasteiger partial charge in [0.15, 0.2) is 5.84 Å². The van der Waals surface area contributed by atoms with E-state index < -0.39 is 5.82 Å². The van der Waals surface area contributed by atoms with E-state index in [1.165, 1.54) is 18.2 Å². The Bertz CT molecular complexity index is 677. The Kier molecular flexibility index (Phi) is 4.61. The van der Waals surface area contributed by atoms with Crippen LogP contribution in [0.1, 0.15) is 5.56 Å². The summed E-state index contributed by atoms with van der Waals surface area (Å²) >= 11 is 6.58. The topological polar surface area (TPSA) is 67.8 Å². The third-order valence-corrected chi connectivity index (χ3v) is 3.59. The number of hydrogen-bond acceptors (Lipinski definition) is 3. The van der Waals surface area contributed by atoms with Crippen LogP contribution in [-0.2, 0) is 0 Å². The van der Waals surface area contributed by atoms with Crippen molar-refractivity contribution < 1.29 is 14.3 Å². The highest BCUT2D eigenvalue weighted by molar-refractivity contribution is 9.10. The van der Waals surface area contributed by atoms with Crippen LogP contribution < -0.4 is 10.5 Å². The number of benzene rings is 2. The van der Waals surface area contributed by atoms with E-state index in [-0.39, 0.29) is 11.6 Å². The van der Waals surface area contributed by atoms with Crippen LogP contribution in [0.5, 0.6) is 11.5 Å². The second kappa shape index (κ2) is 6.23. The first-order valence-corrected chi connectivity index (χ1v) is 7.00. The molecular formula is C13H9Br2FN2O2. The predicted molar refractivity (Wildman–Crippen MR) is 80.8 cm³/mol. The van der Waals surface area contributed by atoms with Gasteiger partial charge in [-0.2, -0.15) is 0 Å². The van der Waals surface area contributed by atoms with Gasteiger partial charge in [0.2, 0.25) is 0 Å². The Morgan fingerprint density at radius 3 is 2.60 bits per heavy atom. The van der Waals surface area contributed by atoms with Crippen LogP contribution in [0.2, 0.25) is 0 Å². The largest absolute Gasteiger partial charge is 0.455 e. The summed E-state index contributed by atoms with van der Waals surface area (Å²) in [5.41, 5.74) is 5.98. The van der Waals surface area contributed by atoms with Crippen LogP contribution in [0.4, 0.5) is 4.39 Å². The fourth-order valence-electron chi connectivity index (χ4n) is 1.52. The minimum Gasteiger partial charge on any atom is -0.455 e. The van der Waals surface area contributed by atoms with Crippen molar-refractivity contribution in [3.05, 3.63) is 56.7 Å². The number of rotatable bonds is 3. The number of nitrogens with two attached hydrogens (primary N) is 1. The zero-order valence-corrected chi connectivity index (χ0v) is 13.2. The molecule has 0 aliphatic heterocycles. The minimum absolute atomic E-state index is 0.0972. The first-order chi connectivity index (χ1) is 9.51. The van der Waals surface area contributed by atoms with E-state index in [0.717, 1.165) is 4.47 Å². The summed E-state index contributed by atoms with van der Waals surface area (Å²) in [7, 11) is 0. The molecule has 0 fully saturated rings. The molecule has 0 bridgehead atoms. The monoisotopic (exact) mass is 402 g/mol. The van der Waals surface area contributed by atoms with E-state index in [4.69, 9.17) is 15.7 Å². The lowest BCUT2D eigenvalue weighted by atomic mass is 10.2. The van der Waals surface area contributed by atoms with Gasteiger partial charge in [0, 0.05) is 10.5 Å². The minimum atomic E-state index is -0.427. The highest BCUT2D eigenvalue weighted by Gasteiger charge is 2.12. The molecule has 2 aromatic rings. The lowest BCUT2D eigenvalue weighted by Crippen LogP contribution is -2.14.